The van der Waals surface area contributed by atoms with Crippen LogP contribution in [-0.4, -0.2) is 257 Å². The van der Waals surface area contributed by atoms with Crippen LogP contribution in [0.1, 0.15) is 53.5 Å². The van der Waals surface area contributed by atoms with Gasteiger partial charge in [0.2, 0.25) is 5.88 Å². The number of fused-ring (bicyclic) bond motifs is 4. The standard InChI is InChI=1S/2C12H17N4O8P.C12H16N3O7P.C11H14N3O8P/c1-5-14-10-7(11(15-5)22-2)13-4-16(10)12-9(18)8(17)6(24-12)3-23-25(19,20)21;1-5-14-10-7(11(19)15(5)2)13-4-16(10)12-9(18)8(17)6(24-12)3-23-25(20,21)22;13-7-1-3-14-11-6(7)2-4-15(11)12-10(17)9(16)8(22-12)5-21-23(18,19)20;15-5-1-2-12-10-7(5)13-4-14(10)11-9(17)8(16)6(22-11)3-21-23(18,19)20/h4,6,8-9,12,17-18H,3H2,1-2H3,(H2,19,20,21);4,6,8-9,12,17-18H,3H2,1-2H3,(H2,20,21,22);1-4,8-10,12,16-17H,5H2,(H2,13,14)(H2,18,19,20);2,4,6,8-9,11,16-17H,1,3H2,(H2,18,19,20)/t2*6-,8-,9-,12-;8-,9-,10-,12-;6-,8-,9-,11-/m1111/s1. The number of aryl methyl sites for hydroxylation is 2. The molecule has 5 aliphatic heterocycles. The van der Waals surface area contributed by atoms with E-state index in [1.165, 1.54) is 61.3 Å². The number of rotatable bonds is 17. The SMILES string of the molecule is COc1nc(C)nc2c1ncn2[C@@H]1O[C@H](COP(=O)(O)O)[C@@H](O)[C@H]1O.Cc1nc2c(ncn2[C@@H]2O[C@H](COP(=O)(O)O)[C@@H](O)[C@H]2O)c(=O)n1C.Nc1ccnc2c1ccn2[C@@H]1O[C@H](COP(=O)(O)O)[C@@H](O)[C@H]1O.O=C1CC=Nc2c1ncn2[C@@H]1O[C@H](COP(=O)(O)O)[C@@H](O)[C@H]1O. The van der Waals surface area contributed by atoms with Crippen LogP contribution in [0.5, 0.6) is 5.88 Å². The topological polar surface area (TPSA) is 662 Å². The zero-order chi connectivity index (χ0) is 70.4. The first kappa shape index (κ1) is 73.9. The van der Waals surface area contributed by atoms with E-state index in [4.69, 9.17) is 68.6 Å². The van der Waals surface area contributed by atoms with E-state index in [0.29, 0.717) is 39.5 Å². The van der Waals surface area contributed by atoms with E-state index in [2.05, 4.69) is 58.0 Å². The maximum atomic E-state index is 12.2. The van der Waals surface area contributed by atoms with Gasteiger partial charge in [0, 0.05) is 43.2 Å². The normalized spacial score (nSPS) is 28.4. The second kappa shape index (κ2) is 29.3. The number of pyridine rings is 1. The van der Waals surface area contributed by atoms with E-state index in [1.54, 1.807) is 39.2 Å². The maximum Gasteiger partial charge on any atom is 0.469 e. The summed E-state index contributed by atoms with van der Waals surface area (Å²) in [6.45, 7) is 0.876. The predicted octanol–water partition coefficient (Wildman–Crippen LogP) is -4.71. The molecular formula is C47H64N14O31P4. The number of aromatic nitrogens is 12. The number of aliphatic hydroxyl groups excluding tert-OH is 8. The van der Waals surface area contributed by atoms with Crippen molar-refractivity contribution >= 4 is 88.2 Å². The molecule has 7 aromatic heterocycles. The predicted molar refractivity (Wildman–Crippen MR) is 313 cm³/mol. The van der Waals surface area contributed by atoms with Crippen molar-refractivity contribution < 1.29 is 145 Å². The van der Waals surface area contributed by atoms with Crippen LogP contribution in [0.25, 0.3) is 33.4 Å². The lowest BCUT2D eigenvalue weighted by molar-refractivity contribution is -0.0512. The van der Waals surface area contributed by atoms with Gasteiger partial charge in [-0.15, -0.1) is 0 Å². The van der Waals surface area contributed by atoms with E-state index in [1.807, 2.05) is 0 Å². The number of carbonyl (C=O) groups excluding carboxylic acids is 1. The van der Waals surface area contributed by atoms with Crippen molar-refractivity contribution in [2.24, 2.45) is 12.0 Å². The van der Waals surface area contributed by atoms with Crippen LogP contribution in [-0.2, 0) is 62.4 Å². The zero-order valence-electron chi connectivity index (χ0n) is 49.9. The molecule has 7 aromatic rings. The number of imidazole rings is 3. The van der Waals surface area contributed by atoms with Gasteiger partial charge in [0.15, 0.2) is 64.5 Å². The van der Waals surface area contributed by atoms with Gasteiger partial charge in [-0.05, 0) is 26.0 Å². The Kier molecular flexibility index (Phi) is 22.5. The number of phosphoric acid groups is 4. The number of ketones is 1. The van der Waals surface area contributed by atoms with E-state index in [0.717, 1.165) is 0 Å². The van der Waals surface area contributed by atoms with Gasteiger partial charge in [-0.25, -0.2) is 53.2 Å². The number of Topliss-reactive ketones (excluding diaryl/α,β-unsaturated/α-hetero) is 1. The number of nitrogen functional groups attached to an aromatic ring is 1. The maximum absolute atomic E-state index is 12.2. The lowest BCUT2D eigenvalue weighted by atomic mass is 10.1. The minimum Gasteiger partial charge on any atom is -0.479 e. The largest absolute Gasteiger partial charge is 0.479 e. The fraction of sp³-hybridized carbons (Fsp3) is 0.532. The molecule has 0 aliphatic carbocycles. The third-order valence-electron chi connectivity index (χ3n) is 15.0. The van der Waals surface area contributed by atoms with E-state index < -0.39 is 156 Å². The Labute approximate surface area is 536 Å². The second-order valence-corrected chi connectivity index (χ2v) is 26.4. The van der Waals surface area contributed by atoms with Gasteiger partial charge >= 0.3 is 31.3 Å². The molecule has 0 bridgehead atoms. The highest BCUT2D eigenvalue weighted by molar-refractivity contribution is 7.47. The summed E-state index contributed by atoms with van der Waals surface area (Å²) in [5.41, 5.74) is 7.43. The molecular weight excluding hydrogens is 1380 g/mol. The molecule has 4 fully saturated rings. The van der Waals surface area contributed by atoms with Crippen LogP contribution in [0.2, 0.25) is 0 Å². The Morgan fingerprint density at radius 1 is 0.542 bits per heavy atom. The van der Waals surface area contributed by atoms with Crippen molar-refractivity contribution in [3.8, 4) is 5.88 Å². The van der Waals surface area contributed by atoms with Crippen molar-refractivity contribution in [1.29, 1.82) is 0 Å². The second-order valence-electron chi connectivity index (χ2n) is 21.4. The Bertz CT molecular complexity index is 4240. The van der Waals surface area contributed by atoms with Crippen LogP contribution in [0.15, 0.2) is 53.3 Å². The molecule has 49 heteroatoms. The summed E-state index contributed by atoms with van der Waals surface area (Å²) in [7, 11) is -15.9. The van der Waals surface area contributed by atoms with Gasteiger partial charge in [0.25, 0.3) is 5.56 Å². The monoisotopic (exact) mass is 1440 g/mol. The third kappa shape index (κ3) is 16.5. The molecule has 528 valence electrons. The smallest absolute Gasteiger partial charge is 0.469 e. The molecule has 12 heterocycles. The summed E-state index contributed by atoms with van der Waals surface area (Å²) in [5.74, 6) is 1.02. The van der Waals surface area contributed by atoms with Crippen LogP contribution in [0, 0.1) is 13.8 Å². The van der Waals surface area contributed by atoms with Crippen molar-refractivity contribution in [1.82, 2.24) is 57.7 Å². The Balaban J connectivity index is 0.000000150. The summed E-state index contributed by atoms with van der Waals surface area (Å²) < 4.78 is 94.1. The molecule has 0 radical (unpaired) electrons. The summed E-state index contributed by atoms with van der Waals surface area (Å²) >= 11 is 0. The van der Waals surface area contributed by atoms with Crippen LogP contribution in [0.3, 0.4) is 0 Å². The number of hydrogen-bond donors (Lipinski definition) is 17. The molecule has 5 aliphatic rings. The Hall–Kier alpha value is -6.30. The number of phosphoric ester groups is 4. The number of aliphatic hydroxyl groups is 8. The lowest BCUT2D eigenvalue weighted by Gasteiger charge is -2.18. The average molecular weight is 1440 g/mol. The van der Waals surface area contributed by atoms with Crippen LogP contribution >= 0.6 is 31.3 Å². The first-order valence-electron chi connectivity index (χ1n) is 27.7. The minimum absolute atomic E-state index is 0.0632. The number of carbonyl (C=O) groups is 1. The zero-order valence-corrected chi connectivity index (χ0v) is 53.4. The molecule has 18 N–H and O–H groups in total. The molecule has 0 amide bonds. The minimum atomic E-state index is -4.75. The van der Waals surface area contributed by atoms with Gasteiger partial charge in [-0.3, -0.25) is 46.0 Å². The first-order valence-corrected chi connectivity index (χ1v) is 33.8. The number of nitrogens with two attached hydrogens (primary N) is 1. The number of methoxy groups -OCH3 is 1. The number of anilines is 1. The number of ether oxygens (including phenoxy) is 5. The van der Waals surface area contributed by atoms with E-state index in [9.17, 15) is 68.7 Å². The van der Waals surface area contributed by atoms with Crippen LogP contribution in [0.4, 0.5) is 11.5 Å². The Morgan fingerprint density at radius 3 is 1.41 bits per heavy atom. The molecule has 45 nitrogen and oxygen atoms in total. The van der Waals surface area contributed by atoms with Crippen molar-refractivity contribution in [3.63, 3.8) is 0 Å². The Morgan fingerprint density at radius 2 is 0.958 bits per heavy atom. The fourth-order valence-electron chi connectivity index (χ4n) is 10.2. The highest BCUT2D eigenvalue weighted by Gasteiger charge is 2.49. The average Bonchev–Trinajstić information content (AvgIpc) is 1.61. The summed E-state index contributed by atoms with van der Waals surface area (Å²) in [4.78, 5) is 126. The van der Waals surface area contributed by atoms with E-state index >= 15 is 0 Å². The highest BCUT2D eigenvalue weighted by atomic mass is 31.2. The molecule has 0 aromatic carbocycles. The molecule has 96 heavy (non-hydrogen) atoms. The third-order valence-corrected chi connectivity index (χ3v) is 16.9. The molecule has 12 rings (SSSR count). The number of aliphatic imine (C=N–C) groups is 1. The summed E-state index contributed by atoms with van der Waals surface area (Å²) in [6.07, 6.45) is -11.7. The molecule has 0 spiro atoms. The fourth-order valence-corrected chi connectivity index (χ4v) is 11.6. The van der Waals surface area contributed by atoms with Gasteiger partial charge < -0.3 is 114 Å². The molecule has 0 unspecified atom stereocenters. The van der Waals surface area contributed by atoms with Crippen molar-refractivity contribution in [2.45, 2.75) is 118 Å². The number of nitrogens with zero attached hydrogens (tertiary/aromatic N) is 13. The summed E-state index contributed by atoms with van der Waals surface area (Å²) in [6, 6.07) is 3.32. The molecule has 0 saturated carbocycles. The van der Waals surface area contributed by atoms with E-state index in [-0.39, 0.29) is 46.3 Å². The lowest BCUT2D eigenvalue weighted by Crippen LogP contribution is -2.33. The molecule has 16 atom stereocenters. The summed E-state index contributed by atoms with van der Waals surface area (Å²) in [5, 5.41) is 81.3. The van der Waals surface area contributed by atoms with Gasteiger partial charge in [-0.2, -0.15) is 4.98 Å². The number of hydrogen-bond acceptors (Lipinski definition) is 32. The van der Waals surface area contributed by atoms with Crippen LogP contribution < -0.4 is 16.0 Å². The highest BCUT2D eigenvalue weighted by Crippen LogP contribution is 2.44. The van der Waals surface area contributed by atoms with Crippen molar-refractivity contribution in [3.05, 3.63) is 71.2 Å². The van der Waals surface area contributed by atoms with Gasteiger partial charge in [0.05, 0.1) is 52.5 Å². The van der Waals surface area contributed by atoms with Gasteiger partial charge in [-0.1, -0.05) is 0 Å². The quantitative estimate of drug-likeness (QED) is 0.0381. The molecule has 4 saturated heterocycles. The van der Waals surface area contributed by atoms with Crippen molar-refractivity contribution in [2.75, 3.05) is 39.3 Å². The first-order chi connectivity index (χ1) is 44.9. The van der Waals surface area contributed by atoms with Gasteiger partial charge in [0.1, 0.15) is 90.5 Å².